The number of carbonyl (C=O) groups excluding carboxylic acids is 1. The summed E-state index contributed by atoms with van der Waals surface area (Å²) in [6.45, 7) is 8.14. The van der Waals surface area contributed by atoms with Gasteiger partial charge in [0.2, 0.25) is 0 Å². The maximum atomic E-state index is 12.9. The van der Waals surface area contributed by atoms with Crippen LogP contribution in [0.1, 0.15) is 68.4 Å². The maximum Gasteiger partial charge on any atom is 0.407 e. The number of amides is 1. The molecule has 1 saturated heterocycles. The predicted molar refractivity (Wildman–Crippen MR) is 193 cm³/mol. The summed E-state index contributed by atoms with van der Waals surface area (Å²) in [6.07, 6.45) is 1.80. The second kappa shape index (κ2) is 14.7. The van der Waals surface area contributed by atoms with E-state index in [9.17, 15) is 4.79 Å². The first kappa shape index (κ1) is 34.4. The van der Waals surface area contributed by atoms with Crippen LogP contribution in [0.15, 0.2) is 103 Å². The van der Waals surface area contributed by atoms with Crippen molar-refractivity contribution < 1.29 is 28.5 Å². The van der Waals surface area contributed by atoms with Gasteiger partial charge >= 0.3 is 6.09 Å². The predicted octanol–water partition coefficient (Wildman–Crippen LogP) is 9.67. The topological polar surface area (TPSA) is 75.3 Å². The second-order valence-corrected chi connectivity index (χ2v) is 15.0. The van der Waals surface area contributed by atoms with Crippen molar-refractivity contribution in [3.63, 3.8) is 0 Å². The van der Waals surface area contributed by atoms with Gasteiger partial charge in [0.05, 0.1) is 17.7 Å². The van der Waals surface area contributed by atoms with Crippen LogP contribution in [0.5, 0.6) is 11.5 Å². The van der Waals surface area contributed by atoms with E-state index in [1.807, 2.05) is 103 Å². The molecule has 1 heterocycles. The smallest absolute Gasteiger partial charge is 0.407 e. The molecule has 2 aliphatic carbocycles. The van der Waals surface area contributed by atoms with Gasteiger partial charge in [0.1, 0.15) is 25.9 Å². The molecule has 2 saturated carbocycles. The van der Waals surface area contributed by atoms with Crippen LogP contribution >= 0.6 is 11.6 Å². The molecule has 262 valence electrons. The van der Waals surface area contributed by atoms with Crippen molar-refractivity contribution in [3.05, 3.63) is 130 Å². The zero-order valence-electron chi connectivity index (χ0n) is 29.0. The quantitative estimate of drug-likeness (QED) is 0.150. The Bertz CT molecular complexity index is 1750. The summed E-state index contributed by atoms with van der Waals surface area (Å²) in [5.74, 6) is 1.98. The average molecular weight is 696 g/mol. The summed E-state index contributed by atoms with van der Waals surface area (Å²) in [4.78, 5) is 12.9. The molecule has 8 heteroatoms. The minimum absolute atomic E-state index is 0.106. The lowest BCUT2D eigenvalue weighted by Gasteiger charge is -2.39. The Balaban J connectivity index is 1.13. The van der Waals surface area contributed by atoms with Crippen LogP contribution in [-0.4, -0.2) is 25.0 Å². The second-order valence-electron chi connectivity index (χ2n) is 14.6. The molecular formula is C42H46ClNO6. The minimum Gasteiger partial charge on any atom is -0.485 e. The molecule has 7 rings (SSSR count). The van der Waals surface area contributed by atoms with Gasteiger partial charge in [-0.15, -0.1) is 0 Å². The number of rotatable bonds is 13. The van der Waals surface area contributed by atoms with Gasteiger partial charge in [0, 0.05) is 6.42 Å². The molecule has 1 amide bonds. The van der Waals surface area contributed by atoms with Gasteiger partial charge < -0.3 is 29.0 Å². The molecule has 4 aromatic rings. The third-order valence-corrected chi connectivity index (χ3v) is 11.8. The Kier molecular flexibility index (Phi) is 10.1. The number of carbonyl (C=O) groups is 1. The number of fused-ring (bicyclic) bond motifs is 5. The summed E-state index contributed by atoms with van der Waals surface area (Å²) in [7, 11) is 0. The molecule has 50 heavy (non-hydrogen) atoms. The largest absolute Gasteiger partial charge is 0.485 e. The van der Waals surface area contributed by atoms with Crippen molar-refractivity contribution in [2.75, 3.05) is 6.54 Å². The van der Waals surface area contributed by atoms with Gasteiger partial charge in [-0.05, 0) is 69.9 Å². The summed E-state index contributed by atoms with van der Waals surface area (Å²) >= 11 is 6.99. The van der Waals surface area contributed by atoms with Crippen molar-refractivity contribution in [1.82, 2.24) is 5.32 Å². The minimum atomic E-state index is -0.596. The van der Waals surface area contributed by atoms with Crippen LogP contribution in [0.3, 0.4) is 0 Å². The van der Waals surface area contributed by atoms with Crippen molar-refractivity contribution in [2.24, 2.45) is 22.7 Å². The van der Waals surface area contributed by atoms with E-state index in [0.717, 1.165) is 28.7 Å². The number of benzene rings is 4. The third-order valence-electron chi connectivity index (χ3n) is 11.5. The van der Waals surface area contributed by atoms with Crippen LogP contribution in [0.25, 0.3) is 0 Å². The van der Waals surface area contributed by atoms with Crippen LogP contribution in [0.2, 0.25) is 5.02 Å². The van der Waals surface area contributed by atoms with Crippen molar-refractivity contribution in [3.8, 4) is 11.5 Å². The summed E-state index contributed by atoms with van der Waals surface area (Å²) in [6, 6.07) is 33.2. The van der Waals surface area contributed by atoms with E-state index >= 15 is 0 Å². The van der Waals surface area contributed by atoms with E-state index in [-0.39, 0.29) is 30.1 Å². The van der Waals surface area contributed by atoms with Gasteiger partial charge in [0.15, 0.2) is 17.8 Å². The molecule has 3 fully saturated rings. The van der Waals surface area contributed by atoms with Crippen LogP contribution in [-0.2, 0) is 34.0 Å². The standard InChI is InChI=1S/C42H46ClNO6/c1-41(2)33-19-20-42(41,3)39-32(33)23-37(50-39)49-36(24-44-40(45)48-27-30-17-11-6-12-18-30)31-21-34(43)38(47-26-29-15-9-5-10-16-29)35(22-31)46-25-28-13-7-4-8-14-28/h4-18,21-22,32-33,36-37,39H,19-20,23-27H2,1-3H3,(H,44,45)/t32-,33-,36+,37-,39-,42+/m1/s1. The fourth-order valence-electron chi connectivity index (χ4n) is 8.44. The molecule has 4 aromatic carbocycles. The lowest BCUT2D eigenvalue weighted by Crippen LogP contribution is -2.38. The molecule has 3 aliphatic rings. The summed E-state index contributed by atoms with van der Waals surface area (Å²) in [5, 5.41) is 3.31. The Morgan fingerprint density at radius 3 is 2.08 bits per heavy atom. The fourth-order valence-corrected chi connectivity index (χ4v) is 8.71. The SMILES string of the molecule is CC1(C)[C@@H]2CC[C@@]1(C)[C@@H]1O[C@@H](O[C@@H](CNC(=O)OCc3ccccc3)c3cc(Cl)c(OCc4ccccc4)c(OCc4ccccc4)c3)C[C@H]21. The molecular weight excluding hydrogens is 650 g/mol. The Labute approximate surface area is 300 Å². The number of nitrogens with one attached hydrogen (secondary N) is 1. The molecule has 0 radical (unpaired) electrons. The Morgan fingerprint density at radius 2 is 1.46 bits per heavy atom. The number of halogens is 1. The molecule has 7 nitrogen and oxygen atoms in total. The molecule has 0 spiro atoms. The van der Waals surface area contributed by atoms with Crippen molar-refractivity contribution in [1.29, 1.82) is 0 Å². The normalized spacial score (nSPS) is 25.1. The molecule has 2 bridgehead atoms. The van der Waals surface area contributed by atoms with Gasteiger partial charge in [-0.1, -0.05) is 123 Å². The Hall–Kier alpha value is -4.04. The first-order valence-corrected chi connectivity index (χ1v) is 18.0. The first-order chi connectivity index (χ1) is 24.2. The number of hydrogen-bond acceptors (Lipinski definition) is 6. The van der Waals surface area contributed by atoms with Gasteiger partial charge in [-0.25, -0.2) is 4.79 Å². The van der Waals surface area contributed by atoms with Crippen LogP contribution in [0.4, 0.5) is 4.79 Å². The zero-order chi connectivity index (χ0) is 34.7. The molecule has 0 aromatic heterocycles. The highest BCUT2D eigenvalue weighted by molar-refractivity contribution is 6.32. The van der Waals surface area contributed by atoms with E-state index < -0.39 is 18.5 Å². The maximum absolute atomic E-state index is 12.9. The molecule has 1 aliphatic heterocycles. The Morgan fingerprint density at radius 1 is 0.860 bits per heavy atom. The molecule has 6 atom stereocenters. The number of hydrogen-bond donors (Lipinski definition) is 1. The van der Waals surface area contributed by atoms with Crippen molar-refractivity contribution >= 4 is 17.7 Å². The lowest BCUT2D eigenvalue weighted by molar-refractivity contribution is -0.186. The molecule has 0 unspecified atom stereocenters. The average Bonchev–Trinajstić information content (AvgIpc) is 3.71. The zero-order valence-corrected chi connectivity index (χ0v) is 29.7. The van der Waals surface area contributed by atoms with Gasteiger partial charge in [-0.2, -0.15) is 0 Å². The lowest BCUT2D eigenvalue weighted by atomic mass is 9.70. The molecule has 1 N–H and O–H groups in total. The summed E-state index contributed by atoms with van der Waals surface area (Å²) < 4.78 is 31.7. The van der Waals surface area contributed by atoms with Crippen molar-refractivity contribution in [2.45, 2.75) is 78.4 Å². The summed E-state index contributed by atoms with van der Waals surface area (Å²) in [5.41, 5.74) is 4.00. The monoisotopic (exact) mass is 695 g/mol. The first-order valence-electron chi connectivity index (χ1n) is 17.6. The van der Waals surface area contributed by atoms with Gasteiger partial charge in [0.25, 0.3) is 0 Å². The third kappa shape index (κ3) is 7.09. The van der Waals surface area contributed by atoms with Gasteiger partial charge in [-0.3, -0.25) is 0 Å². The number of alkyl carbamates (subject to hydrolysis) is 1. The highest BCUT2D eigenvalue weighted by Gasteiger charge is 2.69. The fraction of sp³-hybridized carbons (Fsp3) is 0.405. The van der Waals surface area contributed by atoms with E-state index in [1.54, 1.807) is 0 Å². The highest BCUT2D eigenvalue weighted by atomic mass is 35.5. The highest BCUT2D eigenvalue weighted by Crippen LogP contribution is 2.71. The van der Waals surface area contributed by atoms with Crippen LogP contribution < -0.4 is 14.8 Å². The van der Waals surface area contributed by atoms with E-state index in [2.05, 4.69) is 26.1 Å². The number of ether oxygens (including phenoxy) is 5. The van der Waals surface area contributed by atoms with E-state index in [1.165, 1.54) is 12.8 Å². The van der Waals surface area contributed by atoms with E-state index in [4.69, 9.17) is 35.3 Å². The van der Waals surface area contributed by atoms with E-state index in [0.29, 0.717) is 41.6 Å². The van der Waals surface area contributed by atoms with Crippen LogP contribution in [0, 0.1) is 22.7 Å².